The molecule has 0 amide bonds. The maximum Gasteiger partial charge on any atom is 0.157 e. The molecular formula is C9H15NO3. The number of hydrogen-bond acceptors (Lipinski definition) is 4. The third-order valence-corrected chi connectivity index (χ3v) is 1.81. The Hall–Kier alpha value is -0.870. The quantitative estimate of drug-likeness (QED) is 0.564. The molecule has 0 aromatic rings. The van der Waals surface area contributed by atoms with Crippen molar-refractivity contribution in [2.24, 2.45) is 0 Å². The van der Waals surface area contributed by atoms with Crippen molar-refractivity contribution in [3.8, 4) is 0 Å². The summed E-state index contributed by atoms with van der Waals surface area (Å²) in [6.45, 7) is 1.69. The lowest BCUT2D eigenvalue weighted by molar-refractivity contribution is -0.114. The number of hydrogen-bond donors (Lipinski definition) is 2. The number of rotatable bonds is 6. The molecule has 13 heavy (non-hydrogen) atoms. The Bertz CT molecular complexity index is 201. The molecule has 0 aromatic carbocycles. The monoisotopic (exact) mass is 185 g/mol. The number of aliphatic hydroxyl groups excluding tert-OH is 1. The molecule has 1 aliphatic carbocycles. The van der Waals surface area contributed by atoms with Gasteiger partial charge in [-0.25, -0.2) is 0 Å². The van der Waals surface area contributed by atoms with Crippen LogP contribution in [0.2, 0.25) is 0 Å². The molecule has 2 N–H and O–H groups in total. The summed E-state index contributed by atoms with van der Waals surface area (Å²) in [6, 6.07) is 0. The van der Waals surface area contributed by atoms with Gasteiger partial charge in [-0.3, -0.25) is 4.79 Å². The molecule has 0 unspecified atom stereocenters. The number of nitrogens with one attached hydrogen (secondary N) is 1. The first-order valence-electron chi connectivity index (χ1n) is 4.49. The van der Waals surface area contributed by atoms with Gasteiger partial charge in [-0.05, 0) is 6.42 Å². The van der Waals surface area contributed by atoms with Crippen molar-refractivity contribution >= 4 is 5.78 Å². The van der Waals surface area contributed by atoms with E-state index in [4.69, 9.17) is 9.84 Å². The summed E-state index contributed by atoms with van der Waals surface area (Å²) < 4.78 is 5.04. The third-order valence-electron chi connectivity index (χ3n) is 1.81. The van der Waals surface area contributed by atoms with Gasteiger partial charge >= 0.3 is 0 Å². The van der Waals surface area contributed by atoms with Crippen LogP contribution in [0.4, 0.5) is 0 Å². The lowest BCUT2D eigenvalue weighted by Gasteiger charge is -2.06. The van der Waals surface area contributed by atoms with Crippen LogP contribution < -0.4 is 5.32 Å². The molecule has 0 fully saturated rings. The molecule has 0 aromatic heterocycles. The Labute approximate surface area is 77.6 Å². The Morgan fingerprint density at radius 1 is 1.46 bits per heavy atom. The van der Waals surface area contributed by atoms with Gasteiger partial charge in [0, 0.05) is 24.7 Å². The summed E-state index contributed by atoms with van der Waals surface area (Å²) >= 11 is 0. The fourth-order valence-corrected chi connectivity index (χ4v) is 1.19. The molecule has 0 bridgehead atoms. The normalized spacial score (nSPS) is 16.1. The SMILES string of the molecule is O=C1C=C(NCCOCCO)CC1. The van der Waals surface area contributed by atoms with E-state index in [1.807, 2.05) is 0 Å². The lowest BCUT2D eigenvalue weighted by Crippen LogP contribution is -2.19. The number of carbonyl (C=O) groups excluding carboxylic acids is 1. The van der Waals surface area contributed by atoms with Gasteiger partial charge in [-0.1, -0.05) is 0 Å². The summed E-state index contributed by atoms with van der Waals surface area (Å²) in [5.74, 6) is 0.193. The minimum atomic E-state index is 0.0567. The van der Waals surface area contributed by atoms with E-state index in [-0.39, 0.29) is 12.4 Å². The van der Waals surface area contributed by atoms with E-state index >= 15 is 0 Å². The van der Waals surface area contributed by atoms with Crippen LogP contribution in [-0.4, -0.2) is 37.3 Å². The maximum atomic E-state index is 10.8. The first-order chi connectivity index (χ1) is 6.33. The zero-order valence-corrected chi connectivity index (χ0v) is 7.58. The van der Waals surface area contributed by atoms with Crippen molar-refractivity contribution < 1.29 is 14.6 Å². The third kappa shape index (κ3) is 4.05. The van der Waals surface area contributed by atoms with Crippen molar-refractivity contribution in [3.63, 3.8) is 0 Å². The first kappa shape index (κ1) is 10.2. The molecular weight excluding hydrogens is 170 g/mol. The van der Waals surface area contributed by atoms with E-state index in [9.17, 15) is 4.79 Å². The number of ether oxygens (including phenoxy) is 1. The summed E-state index contributed by atoms with van der Waals surface area (Å²) in [5.41, 5.74) is 0.998. The van der Waals surface area contributed by atoms with E-state index in [0.717, 1.165) is 12.1 Å². The van der Waals surface area contributed by atoms with Crippen molar-refractivity contribution in [3.05, 3.63) is 11.8 Å². The number of ketones is 1. The van der Waals surface area contributed by atoms with Gasteiger partial charge in [0.1, 0.15) is 0 Å². The molecule has 0 saturated heterocycles. The van der Waals surface area contributed by atoms with Gasteiger partial charge in [0.25, 0.3) is 0 Å². The molecule has 0 saturated carbocycles. The average Bonchev–Trinajstić information content (AvgIpc) is 2.51. The predicted octanol–water partition coefficient (Wildman–Crippen LogP) is -0.168. The Balaban J connectivity index is 2.00. The van der Waals surface area contributed by atoms with Gasteiger partial charge in [0.15, 0.2) is 5.78 Å². The zero-order valence-electron chi connectivity index (χ0n) is 7.58. The molecule has 1 rings (SSSR count). The molecule has 0 aliphatic heterocycles. The van der Waals surface area contributed by atoms with Crippen LogP contribution in [0.1, 0.15) is 12.8 Å². The predicted molar refractivity (Wildman–Crippen MR) is 48.2 cm³/mol. The highest BCUT2D eigenvalue weighted by Gasteiger charge is 2.10. The summed E-state index contributed by atoms with van der Waals surface area (Å²) in [4.78, 5) is 10.8. The molecule has 0 atom stereocenters. The van der Waals surface area contributed by atoms with E-state index in [1.165, 1.54) is 0 Å². The molecule has 4 heteroatoms. The molecule has 0 heterocycles. The van der Waals surface area contributed by atoms with Crippen LogP contribution >= 0.6 is 0 Å². The molecule has 0 spiro atoms. The van der Waals surface area contributed by atoms with Crippen molar-refractivity contribution in [2.75, 3.05) is 26.4 Å². The highest BCUT2D eigenvalue weighted by Crippen LogP contribution is 2.10. The summed E-state index contributed by atoms with van der Waals surface area (Å²) in [6.07, 6.45) is 3.09. The van der Waals surface area contributed by atoms with Crippen molar-refractivity contribution in [1.82, 2.24) is 5.32 Å². The van der Waals surface area contributed by atoms with Crippen LogP contribution in [-0.2, 0) is 9.53 Å². The highest BCUT2D eigenvalue weighted by atomic mass is 16.5. The van der Waals surface area contributed by atoms with Gasteiger partial charge in [0.05, 0.1) is 19.8 Å². The van der Waals surface area contributed by atoms with Crippen LogP contribution in [0, 0.1) is 0 Å². The van der Waals surface area contributed by atoms with Gasteiger partial charge in [0.2, 0.25) is 0 Å². The van der Waals surface area contributed by atoms with E-state index < -0.39 is 0 Å². The Morgan fingerprint density at radius 3 is 2.92 bits per heavy atom. The second-order valence-electron chi connectivity index (χ2n) is 2.90. The molecule has 4 nitrogen and oxygen atoms in total. The zero-order chi connectivity index (χ0) is 9.52. The van der Waals surface area contributed by atoms with Crippen LogP contribution in [0.3, 0.4) is 0 Å². The average molecular weight is 185 g/mol. The fraction of sp³-hybridized carbons (Fsp3) is 0.667. The second kappa shape index (κ2) is 5.72. The molecule has 0 radical (unpaired) electrons. The highest BCUT2D eigenvalue weighted by molar-refractivity contribution is 5.92. The van der Waals surface area contributed by atoms with Crippen LogP contribution in [0.25, 0.3) is 0 Å². The second-order valence-corrected chi connectivity index (χ2v) is 2.90. The fourth-order valence-electron chi connectivity index (χ4n) is 1.19. The van der Waals surface area contributed by atoms with Gasteiger partial charge in [-0.15, -0.1) is 0 Å². The van der Waals surface area contributed by atoms with Gasteiger partial charge < -0.3 is 15.2 Å². The first-order valence-corrected chi connectivity index (χ1v) is 4.49. The Kier molecular flexibility index (Phi) is 4.49. The molecule has 1 aliphatic rings. The number of aliphatic hydroxyl groups is 1. The van der Waals surface area contributed by atoms with Gasteiger partial charge in [-0.2, -0.15) is 0 Å². The number of allylic oxidation sites excluding steroid dienone is 2. The standard InChI is InChI=1S/C9H15NO3/c11-4-6-13-5-3-10-8-1-2-9(12)7-8/h7,10-11H,1-6H2. The largest absolute Gasteiger partial charge is 0.394 e. The van der Waals surface area contributed by atoms with Crippen molar-refractivity contribution in [2.45, 2.75) is 12.8 Å². The topological polar surface area (TPSA) is 58.6 Å². The van der Waals surface area contributed by atoms with E-state index in [0.29, 0.717) is 26.2 Å². The minimum Gasteiger partial charge on any atom is -0.394 e. The van der Waals surface area contributed by atoms with Crippen LogP contribution in [0.5, 0.6) is 0 Å². The minimum absolute atomic E-state index is 0.0567. The van der Waals surface area contributed by atoms with Crippen molar-refractivity contribution in [1.29, 1.82) is 0 Å². The molecule has 74 valence electrons. The Morgan fingerprint density at radius 2 is 2.31 bits per heavy atom. The summed E-state index contributed by atoms with van der Waals surface area (Å²) in [7, 11) is 0. The number of carbonyl (C=O) groups is 1. The lowest BCUT2D eigenvalue weighted by atomic mass is 10.3. The van der Waals surface area contributed by atoms with E-state index in [1.54, 1.807) is 6.08 Å². The summed E-state index contributed by atoms with van der Waals surface area (Å²) in [5, 5.41) is 11.5. The maximum absolute atomic E-state index is 10.8. The smallest absolute Gasteiger partial charge is 0.157 e. The van der Waals surface area contributed by atoms with Crippen LogP contribution in [0.15, 0.2) is 11.8 Å². The van der Waals surface area contributed by atoms with E-state index in [2.05, 4.69) is 5.32 Å².